The Hall–Kier alpha value is -0.680. The van der Waals surface area contributed by atoms with Gasteiger partial charge >= 0.3 is 0 Å². The van der Waals surface area contributed by atoms with Gasteiger partial charge in [0.25, 0.3) is 0 Å². The highest BCUT2D eigenvalue weighted by Crippen LogP contribution is 2.38. The lowest BCUT2D eigenvalue weighted by Crippen LogP contribution is -2.13. The van der Waals surface area contributed by atoms with Gasteiger partial charge in [0.15, 0.2) is 0 Å². The van der Waals surface area contributed by atoms with Crippen LogP contribution in [0.3, 0.4) is 0 Å². The second-order valence-electron chi connectivity index (χ2n) is 3.13. The number of hydrogen-bond donors (Lipinski definition) is 3. The molecule has 0 heterocycles. The molecule has 0 saturated carbocycles. The van der Waals surface area contributed by atoms with E-state index in [9.17, 15) is 5.11 Å². The van der Waals surface area contributed by atoms with E-state index in [0.29, 0.717) is 17.7 Å². The molecule has 4 nitrogen and oxygen atoms in total. The fourth-order valence-corrected chi connectivity index (χ4v) is 1.55. The molecule has 0 spiro atoms. The third kappa shape index (κ3) is 3.15. The highest BCUT2D eigenvalue weighted by molar-refractivity contribution is 6.32. The molecule has 0 amide bonds. The molecule has 0 radical (unpaired) electrons. The van der Waals surface area contributed by atoms with Crippen molar-refractivity contribution in [2.75, 3.05) is 13.7 Å². The van der Waals surface area contributed by atoms with E-state index in [-0.39, 0.29) is 29.8 Å². The average Bonchev–Trinajstić information content (AvgIpc) is 2.22. The molecule has 0 fully saturated rings. The maximum Gasteiger partial charge on any atom is 0.142 e. The van der Waals surface area contributed by atoms with Crippen molar-refractivity contribution in [1.29, 1.82) is 0 Å². The molecule has 0 aliphatic carbocycles. The van der Waals surface area contributed by atoms with Crippen LogP contribution in [0.25, 0.3) is 0 Å². The monoisotopic (exact) mass is 267 g/mol. The van der Waals surface area contributed by atoms with Gasteiger partial charge in [-0.3, -0.25) is 0 Å². The van der Waals surface area contributed by atoms with Gasteiger partial charge in [0.1, 0.15) is 11.5 Å². The molecule has 1 atom stereocenters. The Morgan fingerprint density at radius 3 is 2.62 bits per heavy atom. The molecule has 0 aliphatic heterocycles. The molecule has 92 valence electrons. The van der Waals surface area contributed by atoms with Crippen molar-refractivity contribution in [2.24, 2.45) is 5.73 Å². The first kappa shape index (κ1) is 15.3. The molecule has 1 rings (SSSR count). The Labute approximate surface area is 105 Å². The van der Waals surface area contributed by atoms with Crippen molar-refractivity contribution in [3.63, 3.8) is 0 Å². The quantitative estimate of drug-likeness (QED) is 0.779. The summed E-state index contributed by atoms with van der Waals surface area (Å²) in [7, 11) is 1.48. The van der Waals surface area contributed by atoms with Crippen LogP contribution in [0.4, 0.5) is 0 Å². The van der Waals surface area contributed by atoms with Crippen LogP contribution in [0.2, 0.25) is 5.02 Å². The zero-order valence-corrected chi connectivity index (χ0v) is 10.4. The van der Waals surface area contributed by atoms with E-state index < -0.39 is 6.04 Å². The molecular formula is C10H15Cl2NO3. The summed E-state index contributed by atoms with van der Waals surface area (Å²) < 4.78 is 5.07. The third-order valence-electron chi connectivity index (χ3n) is 2.16. The molecule has 0 bridgehead atoms. The van der Waals surface area contributed by atoms with Crippen LogP contribution >= 0.6 is 24.0 Å². The molecule has 6 heteroatoms. The predicted molar refractivity (Wildman–Crippen MR) is 65.5 cm³/mol. The second kappa shape index (κ2) is 6.81. The Morgan fingerprint density at radius 1 is 1.50 bits per heavy atom. The van der Waals surface area contributed by atoms with E-state index in [4.69, 9.17) is 27.2 Å². The highest BCUT2D eigenvalue weighted by Gasteiger charge is 2.18. The standard InChI is InChI=1S/C10H14ClNO3.ClH/c1-15-8-3-2-6(11)10(14)9(8)7(12)4-5-13;/h2-3,7,13-14H,4-5,12H2,1H3;1H/t7-;/m1./s1. The van der Waals surface area contributed by atoms with Gasteiger partial charge in [-0.05, 0) is 18.6 Å². The van der Waals surface area contributed by atoms with Gasteiger partial charge < -0.3 is 20.7 Å². The number of benzene rings is 1. The first-order valence-corrected chi connectivity index (χ1v) is 4.91. The minimum Gasteiger partial charge on any atom is -0.506 e. The topological polar surface area (TPSA) is 75.7 Å². The fraction of sp³-hybridized carbons (Fsp3) is 0.400. The average molecular weight is 268 g/mol. The summed E-state index contributed by atoms with van der Waals surface area (Å²) in [4.78, 5) is 0. The molecule has 0 aromatic heterocycles. The van der Waals surface area contributed by atoms with Crippen LogP contribution in [-0.4, -0.2) is 23.9 Å². The number of nitrogens with two attached hydrogens (primary N) is 1. The van der Waals surface area contributed by atoms with Crippen LogP contribution in [0.15, 0.2) is 12.1 Å². The summed E-state index contributed by atoms with van der Waals surface area (Å²) >= 11 is 5.76. The van der Waals surface area contributed by atoms with Gasteiger partial charge in [0, 0.05) is 12.6 Å². The number of aromatic hydroxyl groups is 1. The van der Waals surface area contributed by atoms with Crippen LogP contribution in [0.5, 0.6) is 11.5 Å². The van der Waals surface area contributed by atoms with E-state index in [0.717, 1.165) is 0 Å². The van der Waals surface area contributed by atoms with Crippen molar-refractivity contribution < 1.29 is 14.9 Å². The first-order valence-electron chi connectivity index (χ1n) is 4.53. The van der Waals surface area contributed by atoms with Gasteiger partial charge in [-0.25, -0.2) is 0 Å². The van der Waals surface area contributed by atoms with Crippen LogP contribution < -0.4 is 10.5 Å². The molecule has 0 unspecified atom stereocenters. The summed E-state index contributed by atoms with van der Waals surface area (Å²) in [5.74, 6) is 0.384. The molecule has 4 N–H and O–H groups in total. The summed E-state index contributed by atoms with van der Waals surface area (Å²) in [5.41, 5.74) is 6.22. The maximum atomic E-state index is 9.73. The van der Waals surface area contributed by atoms with Gasteiger partial charge in [0.2, 0.25) is 0 Å². The van der Waals surface area contributed by atoms with Gasteiger partial charge in [-0.2, -0.15) is 0 Å². The number of ether oxygens (including phenoxy) is 1. The molecular weight excluding hydrogens is 253 g/mol. The molecule has 1 aromatic carbocycles. The van der Waals surface area contributed by atoms with E-state index in [1.165, 1.54) is 13.2 Å². The minimum absolute atomic E-state index is 0. The van der Waals surface area contributed by atoms with Crippen LogP contribution in [-0.2, 0) is 0 Å². The lowest BCUT2D eigenvalue weighted by atomic mass is 10.0. The van der Waals surface area contributed by atoms with Gasteiger partial charge in [0.05, 0.1) is 17.7 Å². The van der Waals surface area contributed by atoms with Crippen molar-refractivity contribution in [2.45, 2.75) is 12.5 Å². The van der Waals surface area contributed by atoms with Crippen molar-refractivity contribution in [3.8, 4) is 11.5 Å². The number of halogens is 2. The fourth-order valence-electron chi connectivity index (χ4n) is 1.38. The van der Waals surface area contributed by atoms with E-state index in [2.05, 4.69) is 0 Å². The summed E-state index contributed by atoms with van der Waals surface area (Å²) in [6.07, 6.45) is 0.338. The molecule has 0 aliphatic rings. The maximum absolute atomic E-state index is 9.73. The minimum atomic E-state index is -0.497. The van der Waals surface area contributed by atoms with Gasteiger partial charge in [-0.1, -0.05) is 11.6 Å². The normalized spacial score (nSPS) is 11.8. The Balaban J connectivity index is 0.00000225. The van der Waals surface area contributed by atoms with Crippen molar-refractivity contribution in [3.05, 3.63) is 22.7 Å². The molecule has 0 saturated heterocycles. The smallest absolute Gasteiger partial charge is 0.142 e. The number of aliphatic hydroxyl groups excluding tert-OH is 1. The predicted octanol–water partition coefficient (Wildman–Crippen LogP) is 1.86. The van der Waals surface area contributed by atoms with Gasteiger partial charge in [-0.15, -0.1) is 12.4 Å². The Morgan fingerprint density at radius 2 is 2.12 bits per heavy atom. The van der Waals surface area contributed by atoms with E-state index in [1.807, 2.05) is 0 Å². The van der Waals surface area contributed by atoms with E-state index in [1.54, 1.807) is 6.07 Å². The number of phenolic OH excluding ortho intramolecular Hbond substituents is 1. The lowest BCUT2D eigenvalue weighted by Gasteiger charge is -2.16. The zero-order chi connectivity index (χ0) is 11.4. The zero-order valence-electron chi connectivity index (χ0n) is 8.81. The number of methoxy groups -OCH3 is 1. The third-order valence-corrected chi connectivity index (χ3v) is 2.46. The summed E-state index contributed by atoms with van der Waals surface area (Å²) in [6.45, 7) is -0.0593. The molecule has 16 heavy (non-hydrogen) atoms. The largest absolute Gasteiger partial charge is 0.506 e. The Bertz CT molecular complexity index is 347. The molecule has 1 aromatic rings. The van der Waals surface area contributed by atoms with Crippen LogP contribution in [0, 0.1) is 0 Å². The number of hydrogen-bond acceptors (Lipinski definition) is 4. The highest BCUT2D eigenvalue weighted by atomic mass is 35.5. The Kier molecular flexibility index (Phi) is 6.52. The lowest BCUT2D eigenvalue weighted by molar-refractivity contribution is 0.273. The number of phenols is 1. The summed E-state index contributed by atoms with van der Waals surface area (Å²) in [6, 6.07) is 2.67. The first-order chi connectivity index (χ1) is 7.11. The van der Waals surface area contributed by atoms with E-state index >= 15 is 0 Å². The number of aliphatic hydroxyl groups is 1. The second-order valence-corrected chi connectivity index (χ2v) is 3.54. The summed E-state index contributed by atoms with van der Waals surface area (Å²) in [5, 5.41) is 18.7. The van der Waals surface area contributed by atoms with Crippen molar-refractivity contribution >= 4 is 24.0 Å². The SMILES string of the molecule is COc1ccc(Cl)c(O)c1[C@H](N)CCO.Cl. The number of rotatable bonds is 4. The van der Waals surface area contributed by atoms with Crippen molar-refractivity contribution in [1.82, 2.24) is 0 Å². The van der Waals surface area contributed by atoms with Crippen LogP contribution in [0.1, 0.15) is 18.0 Å².